The van der Waals surface area contributed by atoms with E-state index in [-0.39, 0.29) is 18.4 Å². The summed E-state index contributed by atoms with van der Waals surface area (Å²) in [5.41, 5.74) is 12.9. The van der Waals surface area contributed by atoms with Gasteiger partial charge in [0.1, 0.15) is 0 Å². The first-order valence-corrected chi connectivity index (χ1v) is 9.21. The van der Waals surface area contributed by atoms with Gasteiger partial charge in [0.15, 0.2) is 0 Å². The van der Waals surface area contributed by atoms with Crippen molar-refractivity contribution in [2.24, 2.45) is 12.8 Å². The third-order valence-electron chi connectivity index (χ3n) is 5.34. The summed E-state index contributed by atoms with van der Waals surface area (Å²) in [5.74, 6) is 0.406. The molecule has 1 saturated heterocycles. The number of likely N-dealkylation sites (tertiary alicyclic amines) is 1. The Balaban J connectivity index is 0.00000210. The molecule has 1 fully saturated rings. The van der Waals surface area contributed by atoms with Crippen LogP contribution >= 0.6 is 12.4 Å². The quantitative estimate of drug-likeness (QED) is 0.747. The van der Waals surface area contributed by atoms with Gasteiger partial charge in [-0.25, -0.2) is 0 Å². The van der Waals surface area contributed by atoms with Gasteiger partial charge in [0, 0.05) is 50.4 Å². The summed E-state index contributed by atoms with van der Waals surface area (Å²) in [7, 11) is 1.96. The van der Waals surface area contributed by atoms with Gasteiger partial charge in [-0.3, -0.25) is 9.58 Å². The Bertz CT molecular complexity index is 890. The predicted octanol–water partition coefficient (Wildman–Crippen LogP) is 3.74. The third kappa shape index (κ3) is 4.24. The van der Waals surface area contributed by atoms with Crippen LogP contribution in [0.2, 0.25) is 0 Å². The summed E-state index contributed by atoms with van der Waals surface area (Å²) >= 11 is 0. The number of aryl methyl sites for hydroxylation is 2. The first kappa shape index (κ1) is 19.6. The fraction of sp³-hybridized carbons (Fsp3) is 0.318. The van der Waals surface area contributed by atoms with Gasteiger partial charge in [0.05, 0.1) is 6.20 Å². The summed E-state index contributed by atoms with van der Waals surface area (Å²) in [6, 6.07) is 17.5. The summed E-state index contributed by atoms with van der Waals surface area (Å²) in [5, 5.41) is 4.34. The molecule has 2 heterocycles. The first-order chi connectivity index (χ1) is 12.6. The minimum atomic E-state index is 0. The molecule has 0 unspecified atom stereocenters. The lowest BCUT2D eigenvalue weighted by molar-refractivity contribution is 0.324. The molecule has 2 atom stereocenters. The van der Waals surface area contributed by atoms with E-state index in [9.17, 15) is 0 Å². The Hall–Kier alpha value is -2.14. The molecule has 0 bridgehead atoms. The van der Waals surface area contributed by atoms with Gasteiger partial charge in [0.25, 0.3) is 0 Å². The van der Waals surface area contributed by atoms with Crippen molar-refractivity contribution in [2.75, 3.05) is 13.1 Å². The van der Waals surface area contributed by atoms with Crippen molar-refractivity contribution in [3.8, 4) is 11.1 Å². The normalized spacial score (nSPS) is 19.8. The Morgan fingerprint density at radius 3 is 2.59 bits per heavy atom. The Morgan fingerprint density at radius 2 is 1.89 bits per heavy atom. The smallest absolute Gasteiger partial charge is 0.0568 e. The van der Waals surface area contributed by atoms with Crippen molar-refractivity contribution in [2.45, 2.75) is 25.4 Å². The molecule has 142 valence electrons. The van der Waals surface area contributed by atoms with Crippen molar-refractivity contribution in [1.29, 1.82) is 0 Å². The highest BCUT2D eigenvalue weighted by Gasteiger charge is 2.31. The third-order valence-corrected chi connectivity index (χ3v) is 5.34. The average Bonchev–Trinajstić information content (AvgIpc) is 3.23. The number of rotatable bonds is 4. The maximum atomic E-state index is 6.48. The number of aromatic nitrogens is 2. The lowest BCUT2D eigenvalue weighted by Gasteiger charge is -2.18. The zero-order valence-electron chi connectivity index (χ0n) is 15.9. The van der Waals surface area contributed by atoms with Gasteiger partial charge >= 0.3 is 0 Å². The van der Waals surface area contributed by atoms with Crippen LogP contribution in [0.1, 0.15) is 22.6 Å². The van der Waals surface area contributed by atoms with Gasteiger partial charge < -0.3 is 5.73 Å². The molecule has 4 nitrogen and oxygen atoms in total. The molecule has 1 aliphatic heterocycles. The second-order valence-corrected chi connectivity index (χ2v) is 7.44. The highest BCUT2D eigenvalue weighted by Crippen LogP contribution is 2.30. The van der Waals surface area contributed by atoms with Crippen LogP contribution in [0.3, 0.4) is 0 Å². The second-order valence-electron chi connectivity index (χ2n) is 7.44. The van der Waals surface area contributed by atoms with E-state index in [0.717, 1.165) is 19.6 Å². The van der Waals surface area contributed by atoms with Crippen LogP contribution in [0.5, 0.6) is 0 Å². The molecular weight excluding hydrogens is 356 g/mol. The molecule has 1 aliphatic rings. The maximum Gasteiger partial charge on any atom is 0.0568 e. The topological polar surface area (TPSA) is 47.1 Å². The average molecular weight is 383 g/mol. The molecule has 3 aromatic rings. The van der Waals surface area contributed by atoms with Crippen LogP contribution in [-0.4, -0.2) is 33.8 Å². The fourth-order valence-electron chi connectivity index (χ4n) is 3.99. The fourth-order valence-corrected chi connectivity index (χ4v) is 3.99. The van der Waals surface area contributed by atoms with E-state index >= 15 is 0 Å². The van der Waals surface area contributed by atoms with E-state index in [1.165, 1.54) is 27.8 Å². The van der Waals surface area contributed by atoms with Crippen molar-refractivity contribution in [3.63, 3.8) is 0 Å². The van der Waals surface area contributed by atoms with Gasteiger partial charge in [-0.1, -0.05) is 54.1 Å². The minimum Gasteiger partial charge on any atom is -0.326 e. The number of nitrogens with two attached hydrogens (primary N) is 1. The molecule has 27 heavy (non-hydrogen) atoms. The number of hydrogen-bond acceptors (Lipinski definition) is 3. The molecule has 2 N–H and O–H groups in total. The minimum absolute atomic E-state index is 0. The Labute approximate surface area is 167 Å². The zero-order chi connectivity index (χ0) is 18.1. The number of nitrogens with zero attached hydrogens (tertiary/aromatic N) is 3. The molecule has 5 heteroatoms. The van der Waals surface area contributed by atoms with Gasteiger partial charge in [-0.05, 0) is 23.6 Å². The molecule has 2 aromatic carbocycles. The molecular formula is C22H27ClN4. The molecule has 4 rings (SSSR count). The summed E-state index contributed by atoms with van der Waals surface area (Å²) in [6.07, 6.45) is 4.03. The SMILES string of the molecule is Cc1ccc(CN2C[C@@H](N)[C@H](c3ccccc3)C2)c(-c2cnn(C)c2)c1.Cl. The summed E-state index contributed by atoms with van der Waals surface area (Å²) in [6.45, 7) is 4.99. The highest BCUT2D eigenvalue weighted by molar-refractivity contribution is 5.85. The lowest BCUT2D eigenvalue weighted by Crippen LogP contribution is -2.28. The van der Waals surface area contributed by atoms with Crippen molar-refractivity contribution in [3.05, 3.63) is 77.6 Å². The molecule has 0 spiro atoms. The van der Waals surface area contributed by atoms with E-state index < -0.39 is 0 Å². The summed E-state index contributed by atoms with van der Waals surface area (Å²) < 4.78 is 1.86. The van der Waals surface area contributed by atoms with Crippen molar-refractivity contribution < 1.29 is 0 Å². The van der Waals surface area contributed by atoms with Gasteiger partial charge in [-0.2, -0.15) is 5.10 Å². The highest BCUT2D eigenvalue weighted by atomic mass is 35.5. The second kappa shape index (κ2) is 8.26. The van der Waals surface area contributed by atoms with Crippen molar-refractivity contribution >= 4 is 12.4 Å². The molecule has 1 aromatic heterocycles. The van der Waals surface area contributed by atoms with E-state index in [2.05, 4.69) is 71.7 Å². The van der Waals surface area contributed by atoms with Crippen LogP contribution in [0, 0.1) is 6.92 Å². The number of benzene rings is 2. The Morgan fingerprint density at radius 1 is 1.11 bits per heavy atom. The predicted molar refractivity (Wildman–Crippen MR) is 113 cm³/mol. The number of hydrogen-bond donors (Lipinski definition) is 1. The van der Waals surface area contributed by atoms with Gasteiger partial charge in [-0.15, -0.1) is 12.4 Å². The zero-order valence-corrected chi connectivity index (χ0v) is 16.7. The van der Waals surface area contributed by atoms with Crippen molar-refractivity contribution in [1.82, 2.24) is 14.7 Å². The number of halogens is 1. The lowest BCUT2D eigenvalue weighted by atomic mass is 9.95. The Kier molecular flexibility index (Phi) is 6.00. The standard InChI is InChI=1S/C22H26N4.ClH/c1-16-8-9-18(20(10-16)19-11-24-25(2)12-19)13-26-14-21(22(23)15-26)17-6-4-3-5-7-17;/h3-12,21-22H,13-15,23H2,1-2H3;1H/t21-,22+;/m0./s1. The molecule has 0 aliphatic carbocycles. The van der Waals surface area contributed by atoms with E-state index in [0.29, 0.717) is 5.92 Å². The van der Waals surface area contributed by atoms with E-state index in [1.807, 2.05) is 17.9 Å². The first-order valence-electron chi connectivity index (χ1n) is 9.21. The van der Waals surface area contributed by atoms with Crippen LogP contribution in [0.4, 0.5) is 0 Å². The van der Waals surface area contributed by atoms with E-state index in [1.54, 1.807) is 0 Å². The summed E-state index contributed by atoms with van der Waals surface area (Å²) in [4.78, 5) is 2.48. The largest absolute Gasteiger partial charge is 0.326 e. The van der Waals surface area contributed by atoms with Crippen LogP contribution < -0.4 is 5.73 Å². The van der Waals surface area contributed by atoms with Gasteiger partial charge in [0.2, 0.25) is 0 Å². The molecule has 0 amide bonds. The van der Waals surface area contributed by atoms with Crippen LogP contribution in [-0.2, 0) is 13.6 Å². The van der Waals surface area contributed by atoms with E-state index in [4.69, 9.17) is 5.73 Å². The molecule has 0 saturated carbocycles. The van der Waals surface area contributed by atoms with Crippen LogP contribution in [0.15, 0.2) is 60.9 Å². The monoisotopic (exact) mass is 382 g/mol. The van der Waals surface area contributed by atoms with Crippen LogP contribution in [0.25, 0.3) is 11.1 Å². The molecule has 0 radical (unpaired) electrons. The maximum absolute atomic E-state index is 6.48.